The Morgan fingerprint density at radius 3 is 2.42 bits per heavy atom. The summed E-state index contributed by atoms with van der Waals surface area (Å²) >= 11 is 0. The van der Waals surface area contributed by atoms with E-state index in [2.05, 4.69) is 37.4 Å². The number of nitrogens with two attached hydrogens (primary N) is 2. The molecule has 0 bridgehead atoms. The van der Waals surface area contributed by atoms with Crippen molar-refractivity contribution in [1.29, 1.82) is 0 Å². The molecule has 0 atom stereocenters. The van der Waals surface area contributed by atoms with Gasteiger partial charge in [0, 0.05) is 37.6 Å². The molecule has 2 heterocycles. The van der Waals surface area contributed by atoms with Crippen LogP contribution in [0.1, 0.15) is 20.7 Å². The summed E-state index contributed by atoms with van der Waals surface area (Å²) in [6.45, 7) is 3.31. The number of hydrogen-bond acceptors (Lipinski definition) is 9. The van der Waals surface area contributed by atoms with E-state index >= 15 is 0 Å². The molecular formula is C24H27FN8O3. The number of hydrogen-bond donors (Lipinski definition) is 4. The number of carbonyl (C=O) groups excluding carboxylic acids is 2. The SMILES string of the molecule is COc1c(Nc2nc(Nc3ccc(N4CCN(C)CC4)c(C(N)=O)c3)ncc2F)cccc1C(N)=O. The normalized spacial score (nSPS) is 13.8. The molecule has 4 rings (SSSR count). The Balaban J connectivity index is 1.59. The van der Waals surface area contributed by atoms with Crippen LogP contribution in [-0.4, -0.2) is 67.0 Å². The number of primary amides is 2. The zero-order valence-corrected chi connectivity index (χ0v) is 19.9. The van der Waals surface area contributed by atoms with Gasteiger partial charge in [0.2, 0.25) is 5.95 Å². The maximum atomic E-state index is 14.5. The van der Waals surface area contributed by atoms with Gasteiger partial charge < -0.3 is 36.6 Å². The Morgan fingerprint density at radius 1 is 1.03 bits per heavy atom. The number of nitrogens with one attached hydrogen (secondary N) is 2. The third-order valence-electron chi connectivity index (χ3n) is 5.84. The molecule has 1 fully saturated rings. The van der Waals surface area contributed by atoms with E-state index in [1.54, 1.807) is 24.3 Å². The van der Waals surface area contributed by atoms with Gasteiger partial charge in [-0.2, -0.15) is 4.98 Å². The molecule has 11 nitrogen and oxygen atoms in total. The van der Waals surface area contributed by atoms with E-state index in [-0.39, 0.29) is 23.1 Å². The van der Waals surface area contributed by atoms with Crippen molar-refractivity contribution in [3.63, 3.8) is 0 Å². The van der Waals surface area contributed by atoms with Gasteiger partial charge in [-0.15, -0.1) is 0 Å². The Kier molecular flexibility index (Phi) is 7.15. The number of ether oxygens (including phenoxy) is 1. The second-order valence-electron chi connectivity index (χ2n) is 8.28. The molecule has 0 spiro atoms. The third-order valence-corrected chi connectivity index (χ3v) is 5.84. The first-order chi connectivity index (χ1) is 17.3. The van der Waals surface area contributed by atoms with Gasteiger partial charge in [0.05, 0.1) is 30.1 Å². The van der Waals surface area contributed by atoms with Gasteiger partial charge in [-0.1, -0.05) is 6.07 Å². The van der Waals surface area contributed by atoms with Crippen molar-refractivity contribution in [3.8, 4) is 5.75 Å². The highest BCUT2D eigenvalue weighted by atomic mass is 19.1. The van der Waals surface area contributed by atoms with Crippen molar-refractivity contribution in [3.05, 3.63) is 59.5 Å². The number of aromatic nitrogens is 2. The smallest absolute Gasteiger partial charge is 0.252 e. The summed E-state index contributed by atoms with van der Waals surface area (Å²) in [7, 11) is 3.42. The summed E-state index contributed by atoms with van der Waals surface area (Å²) < 4.78 is 19.8. The van der Waals surface area contributed by atoms with Crippen LogP contribution in [-0.2, 0) is 0 Å². The van der Waals surface area contributed by atoms with Crippen LogP contribution in [0.15, 0.2) is 42.6 Å². The fourth-order valence-electron chi connectivity index (χ4n) is 3.96. The predicted octanol–water partition coefficient (Wildman–Crippen LogP) is 2.06. The second-order valence-corrected chi connectivity index (χ2v) is 8.28. The van der Waals surface area contributed by atoms with Crippen LogP contribution in [0.3, 0.4) is 0 Å². The van der Waals surface area contributed by atoms with E-state index in [1.807, 2.05) is 6.07 Å². The van der Waals surface area contributed by atoms with Crippen LogP contribution in [0.4, 0.5) is 33.2 Å². The lowest BCUT2D eigenvalue weighted by atomic mass is 10.1. The van der Waals surface area contributed by atoms with Crippen molar-refractivity contribution in [2.75, 3.05) is 55.9 Å². The van der Waals surface area contributed by atoms with Crippen molar-refractivity contribution < 1.29 is 18.7 Å². The molecule has 1 aliphatic rings. The highest BCUT2D eigenvalue weighted by Crippen LogP contribution is 2.32. The van der Waals surface area contributed by atoms with Crippen molar-refractivity contribution >= 4 is 40.6 Å². The zero-order chi connectivity index (χ0) is 25.8. The molecular weight excluding hydrogens is 467 g/mol. The van der Waals surface area contributed by atoms with E-state index in [0.717, 1.165) is 38.1 Å². The van der Waals surface area contributed by atoms with Gasteiger partial charge in [-0.3, -0.25) is 9.59 Å². The molecule has 0 saturated carbocycles. The molecule has 1 saturated heterocycles. The largest absolute Gasteiger partial charge is 0.494 e. The summed E-state index contributed by atoms with van der Waals surface area (Å²) in [6.07, 6.45) is 0.996. The number of nitrogens with zero attached hydrogens (tertiary/aromatic N) is 4. The number of methoxy groups -OCH3 is 1. The first-order valence-electron chi connectivity index (χ1n) is 11.2. The van der Waals surface area contributed by atoms with E-state index in [4.69, 9.17) is 16.2 Å². The number of anilines is 5. The lowest BCUT2D eigenvalue weighted by Gasteiger charge is -2.35. The number of para-hydroxylation sites is 1. The molecule has 12 heteroatoms. The summed E-state index contributed by atoms with van der Waals surface area (Å²) in [6, 6.07) is 9.88. The minimum absolute atomic E-state index is 0.0756. The molecule has 1 aromatic heterocycles. The van der Waals surface area contributed by atoms with Gasteiger partial charge in [-0.25, -0.2) is 9.37 Å². The quantitative estimate of drug-likeness (QED) is 0.369. The molecule has 0 radical (unpaired) electrons. The third kappa shape index (κ3) is 5.28. The molecule has 3 aromatic rings. The monoisotopic (exact) mass is 494 g/mol. The molecule has 2 aromatic carbocycles. The zero-order valence-electron chi connectivity index (χ0n) is 19.9. The van der Waals surface area contributed by atoms with Gasteiger partial charge in [-0.05, 0) is 37.4 Å². The number of amides is 2. The number of benzene rings is 2. The lowest BCUT2D eigenvalue weighted by Crippen LogP contribution is -2.45. The first-order valence-corrected chi connectivity index (χ1v) is 11.2. The summed E-state index contributed by atoms with van der Waals surface area (Å²) in [5, 5.41) is 5.79. The molecule has 0 aliphatic carbocycles. The molecule has 188 valence electrons. The Morgan fingerprint density at radius 2 is 1.75 bits per heavy atom. The topological polar surface area (TPSA) is 152 Å². The van der Waals surface area contributed by atoms with E-state index < -0.39 is 17.6 Å². The van der Waals surface area contributed by atoms with Crippen LogP contribution in [0.25, 0.3) is 0 Å². The Bertz CT molecular complexity index is 1290. The van der Waals surface area contributed by atoms with Crippen LogP contribution >= 0.6 is 0 Å². The average molecular weight is 495 g/mol. The van der Waals surface area contributed by atoms with Crippen LogP contribution in [0, 0.1) is 5.82 Å². The lowest BCUT2D eigenvalue weighted by molar-refractivity contribution is 0.0990. The first kappa shape index (κ1) is 24.7. The van der Waals surface area contributed by atoms with Crippen molar-refractivity contribution in [1.82, 2.24) is 14.9 Å². The maximum absolute atomic E-state index is 14.5. The summed E-state index contributed by atoms with van der Waals surface area (Å²) in [5.41, 5.74) is 13.1. The minimum Gasteiger partial charge on any atom is -0.494 e. The van der Waals surface area contributed by atoms with E-state index in [9.17, 15) is 14.0 Å². The van der Waals surface area contributed by atoms with E-state index in [1.165, 1.54) is 13.2 Å². The van der Waals surface area contributed by atoms with Crippen LogP contribution in [0.5, 0.6) is 5.75 Å². The van der Waals surface area contributed by atoms with Crippen molar-refractivity contribution in [2.24, 2.45) is 11.5 Å². The standard InChI is InChI=1S/C24H27FN8O3/c1-32-8-10-33(11-9-32)19-7-6-14(12-16(19)22(27)35)29-24-28-13-17(25)23(31-24)30-18-5-3-4-15(21(26)34)20(18)36-2/h3-7,12-13H,8-11H2,1-2H3,(H2,26,34)(H2,27,35)(H2,28,29,30,31). The highest BCUT2D eigenvalue weighted by molar-refractivity contribution is 6.00. The number of halogens is 1. The van der Waals surface area contributed by atoms with Gasteiger partial charge >= 0.3 is 0 Å². The van der Waals surface area contributed by atoms with E-state index in [0.29, 0.717) is 16.9 Å². The van der Waals surface area contributed by atoms with Gasteiger partial charge in [0.1, 0.15) is 0 Å². The maximum Gasteiger partial charge on any atom is 0.252 e. The van der Waals surface area contributed by atoms with Crippen LogP contribution in [0.2, 0.25) is 0 Å². The second kappa shape index (κ2) is 10.4. The van der Waals surface area contributed by atoms with Gasteiger partial charge in [0.25, 0.3) is 11.8 Å². The molecule has 36 heavy (non-hydrogen) atoms. The Hall–Kier alpha value is -4.45. The van der Waals surface area contributed by atoms with Gasteiger partial charge in [0.15, 0.2) is 17.4 Å². The molecule has 6 N–H and O–H groups in total. The summed E-state index contributed by atoms with van der Waals surface area (Å²) in [4.78, 5) is 36.4. The molecule has 1 aliphatic heterocycles. The fourth-order valence-corrected chi connectivity index (χ4v) is 3.96. The predicted molar refractivity (Wildman–Crippen MR) is 135 cm³/mol. The molecule has 0 unspecified atom stereocenters. The number of rotatable bonds is 8. The van der Waals surface area contributed by atoms with Crippen LogP contribution < -0.4 is 31.7 Å². The summed E-state index contributed by atoms with van der Waals surface area (Å²) in [5.74, 6) is -1.90. The average Bonchev–Trinajstić information content (AvgIpc) is 2.86. The number of carbonyl (C=O) groups is 2. The van der Waals surface area contributed by atoms with Crippen molar-refractivity contribution in [2.45, 2.75) is 0 Å². The fraction of sp³-hybridized carbons (Fsp3) is 0.250. The highest BCUT2D eigenvalue weighted by Gasteiger charge is 2.20. The number of likely N-dealkylation sites (N-methyl/N-ethyl adjacent to an activating group) is 1. The molecule has 2 amide bonds. The minimum atomic E-state index is -0.727. The Labute approximate surface area is 207 Å². The number of piperazine rings is 1.